The van der Waals surface area contributed by atoms with Gasteiger partial charge < -0.3 is 4.52 Å². The molecule has 1 heterocycles. The number of nitrogens with zero attached hydrogens (tertiary/aromatic N) is 1. The zero-order valence-electron chi connectivity index (χ0n) is 13.4. The van der Waals surface area contributed by atoms with Crippen LogP contribution in [0, 0.1) is 0 Å². The van der Waals surface area contributed by atoms with Crippen LogP contribution >= 0.6 is 0 Å². The molecule has 0 saturated heterocycles. The van der Waals surface area contributed by atoms with Crippen molar-refractivity contribution in [3.05, 3.63) is 30.0 Å². The van der Waals surface area contributed by atoms with E-state index in [2.05, 4.69) is 24.2 Å². The summed E-state index contributed by atoms with van der Waals surface area (Å²) in [5.41, 5.74) is 2.05. The average molecular weight is 287 g/mol. The third kappa shape index (κ3) is 5.53. The Morgan fingerprint density at radius 2 is 1.43 bits per heavy atom. The summed E-state index contributed by atoms with van der Waals surface area (Å²) in [5, 5.41) is 5.38. The van der Waals surface area contributed by atoms with E-state index in [1.165, 1.54) is 69.6 Å². The highest BCUT2D eigenvalue weighted by molar-refractivity contribution is 5.79. The zero-order valence-corrected chi connectivity index (χ0v) is 13.4. The summed E-state index contributed by atoms with van der Waals surface area (Å²) in [7, 11) is 0. The second kappa shape index (κ2) is 9.59. The Morgan fingerprint density at radius 1 is 0.810 bits per heavy atom. The summed E-state index contributed by atoms with van der Waals surface area (Å²) < 4.78 is 5.34. The molecule has 2 heteroatoms. The molecule has 1 aromatic heterocycles. The van der Waals surface area contributed by atoms with Crippen LogP contribution in [-0.4, -0.2) is 5.16 Å². The fraction of sp³-hybridized carbons (Fsp3) is 0.632. The normalized spacial score (nSPS) is 11.3. The molecule has 0 N–H and O–H groups in total. The van der Waals surface area contributed by atoms with E-state index in [-0.39, 0.29) is 0 Å². The summed E-state index contributed by atoms with van der Waals surface area (Å²) in [6.45, 7) is 2.28. The van der Waals surface area contributed by atoms with Crippen LogP contribution in [0.5, 0.6) is 0 Å². The van der Waals surface area contributed by atoms with Crippen LogP contribution in [0.3, 0.4) is 0 Å². The minimum Gasteiger partial charge on any atom is -0.356 e. The summed E-state index contributed by atoms with van der Waals surface area (Å²) in [4.78, 5) is 0. The van der Waals surface area contributed by atoms with Gasteiger partial charge >= 0.3 is 0 Å². The number of unbranched alkanes of at least 4 members (excludes halogenated alkanes) is 9. The SMILES string of the molecule is CCCCCCCCCCCCc1noc2ccccc12. The number of hydrogen-bond acceptors (Lipinski definition) is 2. The molecular weight excluding hydrogens is 258 g/mol. The summed E-state index contributed by atoms with van der Waals surface area (Å²) >= 11 is 0. The molecular formula is C19H29NO. The lowest BCUT2D eigenvalue weighted by Gasteiger charge is -2.01. The minimum absolute atomic E-state index is 0.916. The molecule has 0 aliphatic heterocycles. The number of para-hydroxylation sites is 1. The number of benzene rings is 1. The van der Waals surface area contributed by atoms with Gasteiger partial charge in [0, 0.05) is 5.39 Å². The van der Waals surface area contributed by atoms with Crippen molar-refractivity contribution >= 4 is 11.0 Å². The van der Waals surface area contributed by atoms with Crippen LogP contribution in [0.1, 0.15) is 76.8 Å². The average Bonchev–Trinajstić information content (AvgIpc) is 2.92. The van der Waals surface area contributed by atoms with Gasteiger partial charge in [0.2, 0.25) is 0 Å². The molecule has 0 aliphatic rings. The summed E-state index contributed by atoms with van der Waals surface area (Å²) in [5.74, 6) is 0. The van der Waals surface area contributed by atoms with Crippen molar-refractivity contribution in [1.29, 1.82) is 0 Å². The van der Waals surface area contributed by atoms with Gasteiger partial charge in [-0.05, 0) is 25.0 Å². The van der Waals surface area contributed by atoms with Crippen molar-refractivity contribution in [1.82, 2.24) is 5.16 Å². The fourth-order valence-corrected chi connectivity index (χ4v) is 2.90. The van der Waals surface area contributed by atoms with E-state index in [4.69, 9.17) is 4.52 Å². The van der Waals surface area contributed by atoms with Gasteiger partial charge in [-0.1, -0.05) is 82.0 Å². The topological polar surface area (TPSA) is 26.0 Å². The van der Waals surface area contributed by atoms with Crippen LogP contribution < -0.4 is 0 Å². The van der Waals surface area contributed by atoms with Gasteiger partial charge in [-0.15, -0.1) is 0 Å². The molecule has 0 radical (unpaired) electrons. The van der Waals surface area contributed by atoms with Crippen LogP contribution in [-0.2, 0) is 6.42 Å². The lowest BCUT2D eigenvalue weighted by molar-refractivity contribution is 0.443. The monoisotopic (exact) mass is 287 g/mol. The molecule has 1 aromatic carbocycles. The molecule has 0 spiro atoms. The van der Waals surface area contributed by atoms with E-state index in [0.717, 1.165) is 17.7 Å². The van der Waals surface area contributed by atoms with E-state index in [1.54, 1.807) is 0 Å². The lowest BCUT2D eigenvalue weighted by atomic mass is 10.0. The molecule has 0 atom stereocenters. The molecule has 0 amide bonds. The van der Waals surface area contributed by atoms with Gasteiger partial charge in [0.05, 0.1) is 5.69 Å². The Bertz CT molecular complexity index is 503. The van der Waals surface area contributed by atoms with Gasteiger partial charge in [-0.25, -0.2) is 0 Å². The molecule has 116 valence electrons. The van der Waals surface area contributed by atoms with Crippen LogP contribution in [0.2, 0.25) is 0 Å². The van der Waals surface area contributed by atoms with Gasteiger partial charge in [0.1, 0.15) is 0 Å². The molecule has 0 bridgehead atoms. The van der Waals surface area contributed by atoms with Gasteiger partial charge in [0.25, 0.3) is 0 Å². The Hall–Kier alpha value is -1.31. The minimum atomic E-state index is 0.916. The highest BCUT2D eigenvalue weighted by atomic mass is 16.5. The molecule has 0 aliphatic carbocycles. The van der Waals surface area contributed by atoms with Gasteiger partial charge in [0.15, 0.2) is 5.58 Å². The van der Waals surface area contributed by atoms with E-state index in [9.17, 15) is 0 Å². The van der Waals surface area contributed by atoms with E-state index in [1.807, 2.05) is 12.1 Å². The number of fused-ring (bicyclic) bond motifs is 1. The second-order valence-electron chi connectivity index (χ2n) is 6.06. The van der Waals surface area contributed by atoms with Crippen molar-refractivity contribution in [2.24, 2.45) is 0 Å². The van der Waals surface area contributed by atoms with Crippen LogP contribution in [0.4, 0.5) is 0 Å². The predicted molar refractivity (Wildman–Crippen MR) is 89.6 cm³/mol. The Kier molecular flexibility index (Phi) is 7.34. The maximum atomic E-state index is 5.34. The van der Waals surface area contributed by atoms with Crippen LogP contribution in [0.15, 0.2) is 28.8 Å². The number of aromatic nitrogens is 1. The predicted octanol–water partition coefficient (Wildman–Crippen LogP) is 6.29. The number of hydrogen-bond donors (Lipinski definition) is 0. The van der Waals surface area contributed by atoms with Gasteiger partial charge in [-0.2, -0.15) is 0 Å². The van der Waals surface area contributed by atoms with Crippen molar-refractivity contribution in [2.75, 3.05) is 0 Å². The molecule has 2 rings (SSSR count). The van der Waals surface area contributed by atoms with Crippen molar-refractivity contribution < 1.29 is 4.52 Å². The third-order valence-corrected chi connectivity index (χ3v) is 4.22. The van der Waals surface area contributed by atoms with E-state index in [0.29, 0.717) is 0 Å². The number of aryl methyl sites for hydroxylation is 1. The zero-order chi connectivity index (χ0) is 14.8. The third-order valence-electron chi connectivity index (χ3n) is 4.22. The highest BCUT2D eigenvalue weighted by Gasteiger charge is 2.06. The van der Waals surface area contributed by atoms with Gasteiger partial charge in [-0.3, -0.25) is 0 Å². The van der Waals surface area contributed by atoms with Crippen molar-refractivity contribution in [3.8, 4) is 0 Å². The highest BCUT2D eigenvalue weighted by Crippen LogP contribution is 2.20. The van der Waals surface area contributed by atoms with Crippen LogP contribution in [0.25, 0.3) is 11.0 Å². The first-order valence-corrected chi connectivity index (χ1v) is 8.75. The molecule has 2 aromatic rings. The standard InChI is InChI=1S/C19H29NO/c1-2-3-4-5-6-7-8-9-10-11-15-18-17-14-12-13-16-19(17)21-20-18/h12-14,16H,2-11,15H2,1H3. The fourth-order valence-electron chi connectivity index (χ4n) is 2.90. The summed E-state index contributed by atoms with van der Waals surface area (Å²) in [6, 6.07) is 8.15. The smallest absolute Gasteiger partial charge is 0.167 e. The van der Waals surface area contributed by atoms with Crippen molar-refractivity contribution in [2.45, 2.75) is 77.6 Å². The van der Waals surface area contributed by atoms with E-state index >= 15 is 0 Å². The molecule has 0 fully saturated rings. The van der Waals surface area contributed by atoms with Crippen molar-refractivity contribution in [3.63, 3.8) is 0 Å². The first-order chi connectivity index (χ1) is 10.4. The Morgan fingerprint density at radius 3 is 2.14 bits per heavy atom. The Balaban J connectivity index is 1.52. The molecule has 2 nitrogen and oxygen atoms in total. The largest absolute Gasteiger partial charge is 0.356 e. The summed E-state index contributed by atoms with van der Waals surface area (Å²) in [6.07, 6.45) is 14.8. The maximum absolute atomic E-state index is 5.34. The maximum Gasteiger partial charge on any atom is 0.167 e. The molecule has 21 heavy (non-hydrogen) atoms. The first kappa shape index (κ1) is 16.1. The second-order valence-corrected chi connectivity index (χ2v) is 6.06. The Labute approximate surface area is 128 Å². The molecule has 0 unspecified atom stereocenters. The van der Waals surface area contributed by atoms with E-state index < -0.39 is 0 Å². The first-order valence-electron chi connectivity index (χ1n) is 8.75. The molecule has 0 saturated carbocycles. The lowest BCUT2D eigenvalue weighted by Crippen LogP contribution is -1.87. The quantitative estimate of drug-likeness (QED) is 0.454. The number of rotatable bonds is 11.